The molecule has 0 spiro atoms. The van der Waals surface area contributed by atoms with Crippen molar-refractivity contribution < 1.29 is 9.53 Å². The van der Waals surface area contributed by atoms with E-state index < -0.39 is 0 Å². The number of rotatable bonds is 2. The fourth-order valence-electron chi connectivity index (χ4n) is 2.51. The van der Waals surface area contributed by atoms with Crippen molar-refractivity contribution in [3.8, 4) is 11.3 Å². The summed E-state index contributed by atoms with van der Waals surface area (Å²) in [4.78, 5) is 13.6. The Labute approximate surface area is 127 Å². The van der Waals surface area contributed by atoms with Crippen LogP contribution < -0.4 is 0 Å². The fourth-order valence-corrected chi connectivity index (χ4v) is 2.64. The normalized spacial score (nSPS) is 13.9. The van der Waals surface area contributed by atoms with E-state index in [1.807, 2.05) is 31.2 Å². The maximum Gasteiger partial charge on any atom is 0.410 e. The predicted octanol–water partition coefficient (Wildman–Crippen LogP) is 3.24. The summed E-state index contributed by atoms with van der Waals surface area (Å²) >= 11 is 5.92. The van der Waals surface area contributed by atoms with Gasteiger partial charge in [-0.1, -0.05) is 23.7 Å². The number of aromatic nitrogens is 2. The molecule has 0 atom stereocenters. The van der Waals surface area contributed by atoms with Gasteiger partial charge in [0.1, 0.15) is 0 Å². The van der Waals surface area contributed by atoms with Crippen molar-refractivity contribution in [3.63, 3.8) is 0 Å². The minimum absolute atomic E-state index is 0.272. The Kier molecular flexibility index (Phi) is 3.84. The van der Waals surface area contributed by atoms with E-state index in [9.17, 15) is 4.79 Å². The molecule has 1 aromatic heterocycles. The van der Waals surface area contributed by atoms with Gasteiger partial charge in [-0.3, -0.25) is 5.10 Å². The highest BCUT2D eigenvalue weighted by molar-refractivity contribution is 6.30. The monoisotopic (exact) mass is 305 g/mol. The summed E-state index contributed by atoms with van der Waals surface area (Å²) in [6.45, 7) is 3.36. The fraction of sp³-hybridized carbons (Fsp3) is 0.333. The number of H-pyrrole nitrogens is 1. The Bertz CT molecular complexity index is 651. The number of carbonyl (C=O) groups is 1. The lowest BCUT2D eigenvalue weighted by Gasteiger charge is -2.26. The molecule has 6 heteroatoms. The zero-order valence-corrected chi connectivity index (χ0v) is 12.5. The molecule has 3 rings (SSSR count). The number of amides is 1. The SMILES string of the molecule is CCOC(=O)N1CCc2[nH]nc(-c3ccc(Cl)cc3)c2C1. The number of carbonyl (C=O) groups excluding carboxylic acids is 1. The summed E-state index contributed by atoms with van der Waals surface area (Å²) in [5, 5.41) is 8.15. The standard InChI is InChI=1S/C15H16ClN3O2/c1-2-21-15(20)19-8-7-13-12(9-19)14(18-17-13)10-3-5-11(16)6-4-10/h3-6H,2,7-9H2,1H3,(H,17,18). The third-order valence-electron chi connectivity index (χ3n) is 3.58. The number of nitrogens with zero attached hydrogens (tertiary/aromatic N) is 2. The van der Waals surface area contributed by atoms with Gasteiger partial charge < -0.3 is 9.64 Å². The number of halogens is 1. The number of hydrogen-bond donors (Lipinski definition) is 1. The first kappa shape index (κ1) is 13.9. The van der Waals surface area contributed by atoms with Gasteiger partial charge in [-0.15, -0.1) is 0 Å². The van der Waals surface area contributed by atoms with Gasteiger partial charge in [-0.05, 0) is 19.1 Å². The van der Waals surface area contributed by atoms with E-state index in [-0.39, 0.29) is 6.09 Å². The lowest BCUT2D eigenvalue weighted by Crippen LogP contribution is -2.36. The molecule has 0 bridgehead atoms. The van der Waals surface area contributed by atoms with Crippen LogP contribution in [0.4, 0.5) is 4.79 Å². The van der Waals surface area contributed by atoms with Crippen LogP contribution in [0, 0.1) is 0 Å². The predicted molar refractivity (Wildman–Crippen MR) is 80.2 cm³/mol. The third-order valence-corrected chi connectivity index (χ3v) is 3.83. The van der Waals surface area contributed by atoms with Crippen molar-refractivity contribution in [1.82, 2.24) is 15.1 Å². The van der Waals surface area contributed by atoms with Crippen molar-refractivity contribution >= 4 is 17.7 Å². The molecule has 0 saturated heterocycles. The van der Waals surface area contributed by atoms with Gasteiger partial charge in [-0.2, -0.15) is 5.10 Å². The van der Waals surface area contributed by atoms with Crippen LogP contribution in [-0.4, -0.2) is 34.3 Å². The lowest BCUT2D eigenvalue weighted by atomic mass is 10.0. The Morgan fingerprint density at radius 3 is 2.90 bits per heavy atom. The summed E-state index contributed by atoms with van der Waals surface area (Å²) in [6, 6.07) is 7.54. The topological polar surface area (TPSA) is 58.2 Å². The Morgan fingerprint density at radius 2 is 2.19 bits per heavy atom. The van der Waals surface area contributed by atoms with E-state index >= 15 is 0 Å². The summed E-state index contributed by atoms with van der Waals surface area (Å²) in [6.07, 6.45) is 0.487. The number of benzene rings is 1. The van der Waals surface area contributed by atoms with Gasteiger partial charge in [0, 0.05) is 34.8 Å². The molecular weight excluding hydrogens is 290 g/mol. The van der Waals surface area contributed by atoms with Crippen LogP contribution in [0.2, 0.25) is 5.02 Å². The summed E-state index contributed by atoms with van der Waals surface area (Å²) < 4.78 is 5.07. The van der Waals surface area contributed by atoms with Gasteiger partial charge in [0.2, 0.25) is 0 Å². The summed E-state index contributed by atoms with van der Waals surface area (Å²) in [5.74, 6) is 0. The molecular formula is C15H16ClN3O2. The molecule has 0 saturated carbocycles. The molecule has 0 aliphatic carbocycles. The number of ether oxygens (including phenoxy) is 1. The highest BCUT2D eigenvalue weighted by atomic mass is 35.5. The third kappa shape index (κ3) is 2.74. The minimum atomic E-state index is -0.272. The van der Waals surface area contributed by atoms with Gasteiger partial charge >= 0.3 is 6.09 Å². The quantitative estimate of drug-likeness (QED) is 0.926. The maximum atomic E-state index is 11.9. The van der Waals surface area contributed by atoms with E-state index in [1.165, 1.54) is 0 Å². The molecule has 1 aliphatic heterocycles. The number of nitrogens with one attached hydrogen (secondary N) is 1. The molecule has 2 heterocycles. The second kappa shape index (κ2) is 5.77. The van der Waals surface area contributed by atoms with Crippen LogP contribution in [0.25, 0.3) is 11.3 Å². The van der Waals surface area contributed by atoms with Gasteiger partial charge in [0.25, 0.3) is 0 Å². The molecule has 1 aromatic carbocycles. The highest BCUT2D eigenvalue weighted by Crippen LogP contribution is 2.29. The van der Waals surface area contributed by atoms with Crippen molar-refractivity contribution in [2.24, 2.45) is 0 Å². The number of fused-ring (bicyclic) bond motifs is 1. The van der Waals surface area contributed by atoms with Gasteiger partial charge in [-0.25, -0.2) is 4.79 Å². The van der Waals surface area contributed by atoms with Crippen LogP contribution in [0.15, 0.2) is 24.3 Å². The molecule has 1 aliphatic rings. The Hall–Kier alpha value is -2.01. The molecule has 2 aromatic rings. The molecule has 110 valence electrons. The average molecular weight is 306 g/mol. The Morgan fingerprint density at radius 1 is 1.43 bits per heavy atom. The molecule has 21 heavy (non-hydrogen) atoms. The number of aromatic amines is 1. The van der Waals surface area contributed by atoms with E-state index in [1.54, 1.807) is 4.90 Å². The van der Waals surface area contributed by atoms with Gasteiger partial charge in [0.05, 0.1) is 18.8 Å². The van der Waals surface area contributed by atoms with Crippen LogP contribution >= 0.6 is 11.6 Å². The first-order chi connectivity index (χ1) is 10.2. The Balaban J connectivity index is 1.89. The summed E-state index contributed by atoms with van der Waals surface area (Å²) in [5.41, 5.74) is 4.00. The lowest BCUT2D eigenvalue weighted by molar-refractivity contribution is 0.102. The van der Waals surface area contributed by atoms with Crippen molar-refractivity contribution in [2.45, 2.75) is 19.9 Å². The largest absolute Gasteiger partial charge is 0.450 e. The van der Waals surface area contributed by atoms with Crippen LogP contribution in [-0.2, 0) is 17.7 Å². The van der Waals surface area contributed by atoms with E-state index in [2.05, 4.69) is 10.2 Å². The highest BCUT2D eigenvalue weighted by Gasteiger charge is 2.26. The van der Waals surface area contributed by atoms with Crippen molar-refractivity contribution in [3.05, 3.63) is 40.5 Å². The maximum absolute atomic E-state index is 11.9. The second-order valence-electron chi connectivity index (χ2n) is 4.91. The van der Waals surface area contributed by atoms with E-state index in [0.717, 1.165) is 28.9 Å². The molecule has 0 unspecified atom stereocenters. The van der Waals surface area contributed by atoms with Crippen molar-refractivity contribution in [1.29, 1.82) is 0 Å². The molecule has 1 N–H and O–H groups in total. The van der Waals surface area contributed by atoms with E-state index in [4.69, 9.17) is 16.3 Å². The van der Waals surface area contributed by atoms with Crippen LogP contribution in [0.5, 0.6) is 0 Å². The molecule has 0 radical (unpaired) electrons. The molecule has 5 nitrogen and oxygen atoms in total. The van der Waals surface area contributed by atoms with E-state index in [0.29, 0.717) is 24.7 Å². The molecule has 1 amide bonds. The average Bonchev–Trinajstić information content (AvgIpc) is 2.91. The zero-order valence-electron chi connectivity index (χ0n) is 11.7. The molecule has 0 fully saturated rings. The number of hydrogen-bond acceptors (Lipinski definition) is 3. The van der Waals surface area contributed by atoms with Crippen molar-refractivity contribution in [2.75, 3.05) is 13.2 Å². The zero-order chi connectivity index (χ0) is 14.8. The second-order valence-corrected chi connectivity index (χ2v) is 5.34. The van der Waals surface area contributed by atoms with Crippen LogP contribution in [0.3, 0.4) is 0 Å². The smallest absolute Gasteiger partial charge is 0.410 e. The first-order valence-corrected chi connectivity index (χ1v) is 7.30. The first-order valence-electron chi connectivity index (χ1n) is 6.92. The van der Waals surface area contributed by atoms with Crippen LogP contribution in [0.1, 0.15) is 18.2 Å². The van der Waals surface area contributed by atoms with Gasteiger partial charge in [0.15, 0.2) is 0 Å². The minimum Gasteiger partial charge on any atom is -0.450 e. The summed E-state index contributed by atoms with van der Waals surface area (Å²) in [7, 11) is 0.